The minimum Gasteiger partial charge on any atom is -0.494 e. The van der Waals surface area contributed by atoms with Gasteiger partial charge in [0.25, 0.3) is 11.6 Å². The number of non-ortho nitro benzene ring substituents is 1. The number of rotatable bonds is 7. The Morgan fingerprint density at radius 3 is 2.62 bits per heavy atom. The van der Waals surface area contributed by atoms with Crippen LogP contribution in [0.4, 0.5) is 11.4 Å². The number of hydrogen-bond donors (Lipinski definition) is 2. The summed E-state index contributed by atoms with van der Waals surface area (Å²) in [6.07, 6.45) is 0. The summed E-state index contributed by atoms with van der Waals surface area (Å²) >= 11 is 6.01. The summed E-state index contributed by atoms with van der Waals surface area (Å²) < 4.78 is 5.14. The van der Waals surface area contributed by atoms with E-state index >= 15 is 0 Å². The zero-order chi connectivity index (χ0) is 19.3. The number of ether oxygens (including phenoxy) is 1. The number of methoxy groups -OCH3 is 1. The van der Waals surface area contributed by atoms with Gasteiger partial charge in [0.15, 0.2) is 6.04 Å². The average Bonchev–Trinajstić information content (AvgIpc) is 2.61. The van der Waals surface area contributed by atoms with Gasteiger partial charge < -0.3 is 15.4 Å². The molecular formula is C18H21ClN3O4+. The monoisotopic (exact) mass is 378 g/mol. The topological polar surface area (TPSA) is 98.1 Å². The Morgan fingerprint density at radius 1 is 1.27 bits per heavy atom. The van der Waals surface area contributed by atoms with Gasteiger partial charge in [0, 0.05) is 16.7 Å². The van der Waals surface area contributed by atoms with E-state index in [9.17, 15) is 14.9 Å². The number of anilines is 1. The van der Waals surface area contributed by atoms with Gasteiger partial charge in [0.1, 0.15) is 11.8 Å². The molecule has 2 rings (SSSR count). The maximum Gasteiger partial charge on any atom is 0.282 e. The van der Waals surface area contributed by atoms with Crippen LogP contribution in [0.3, 0.4) is 0 Å². The second kappa shape index (κ2) is 8.64. The minimum atomic E-state index is -0.517. The quantitative estimate of drug-likeness (QED) is 0.571. The molecule has 138 valence electrons. The van der Waals surface area contributed by atoms with Crippen molar-refractivity contribution in [2.24, 2.45) is 0 Å². The molecule has 8 heteroatoms. The maximum absolute atomic E-state index is 12.5. The van der Waals surface area contributed by atoms with E-state index in [1.165, 1.54) is 25.3 Å². The third-order valence-corrected chi connectivity index (χ3v) is 4.25. The van der Waals surface area contributed by atoms with E-state index in [4.69, 9.17) is 16.3 Å². The van der Waals surface area contributed by atoms with Crippen molar-refractivity contribution in [3.63, 3.8) is 0 Å². The number of quaternary nitrogens is 1. The summed E-state index contributed by atoms with van der Waals surface area (Å²) in [5, 5.41) is 16.2. The molecule has 0 heterocycles. The smallest absolute Gasteiger partial charge is 0.282 e. The molecule has 0 bridgehead atoms. The van der Waals surface area contributed by atoms with Gasteiger partial charge in [0.2, 0.25) is 0 Å². The highest BCUT2D eigenvalue weighted by atomic mass is 35.5. The Morgan fingerprint density at radius 2 is 2.00 bits per heavy atom. The van der Waals surface area contributed by atoms with E-state index in [2.05, 4.69) is 5.32 Å². The van der Waals surface area contributed by atoms with Gasteiger partial charge in [-0.2, -0.15) is 0 Å². The number of hydrogen-bond acceptors (Lipinski definition) is 4. The fourth-order valence-corrected chi connectivity index (χ4v) is 2.76. The lowest BCUT2D eigenvalue weighted by atomic mass is 10.1. The number of nitrogens with one attached hydrogen (secondary N) is 1. The van der Waals surface area contributed by atoms with Crippen LogP contribution in [0.15, 0.2) is 42.5 Å². The molecule has 2 atom stereocenters. The Balaban J connectivity index is 2.06. The maximum atomic E-state index is 12.5. The predicted octanol–water partition coefficient (Wildman–Crippen LogP) is 2.91. The standard InChI is InChI=1S/C18H20ClN3O4/c1-11(13-5-4-6-14(19)9-13)20-12(2)18(23)21-16-8-7-15(22(24)25)10-17(16)26-3/h4-12,20H,1-3H3,(H,21,23)/p+1/t11-,12-/m1/s1. The molecule has 0 aliphatic carbocycles. The van der Waals surface area contributed by atoms with E-state index in [1.54, 1.807) is 13.0 Å². The highest BCUT2D eigenvalue weighted by Crippen LogP contribution is 2.29. The van der Waals surface area contributed by atoms with Crippen molar-refractivity contribution in [1.29, 1.82) is 0 Å². The summed E-state index contributed by atoms with van der Waals surface area (Å²) in [6, 6.07) is 11.2. The van der Waals surface area contributed by atoms with Gasteiger partial charge in [-0.1, -0.05) is 23.7 Å². The molecule has 0 unspecified atom stereocenters. The van der Waals surface area contributed by atoms with E-state index in [1.807, 2.05) is 30.4 Å². The Kier molecular flexibility index (Phi) is 6.54. The molecule has 2 aromatic rings. The lowest BCUT2D eigenvalue weighted by Crippen LogP contribution is -2.91. The molecule has 0 aliphatic heterocycles. The molecule has 26 heavy (non-hydrogen) atoms. The molecule has 0 fully saturated rings. The summed E-state index contributed by atoms with van der Waals surface area (Å²) in [6.45, 7) is 3.77. The first-order valence-electron chi connectivity index (χ1n) is 8.05. The summed E-state index contributed by atoms with van der Waals surface area (Å²) in [5.41, 5.74) is 1.30. The van der Waals surface area contributed by atoms with E-state index in [0.717, 1.165) is 5.56 Å². The van der Waals surface area contributed by atoms with Crippen LogP contribution in [-0.2, 0) is 4.79 Å². The second-order valence-corrected chi connectivity index (χ2v) is 6.39. The largest absolute Gasteiger partial charge is 0.494 e. The van der Waals surface area contributed by atoms with Crippen LogP contribution in [0.5, 0.6) is 5.75 Å². The van der Waals surface area contributed by atoms with Gasteiger partial charge in [0.05, 0.1) is 23.8 Å². The third kappa shape index (κ3) is 4.93. The number of nitro groups is 1. The number of nitrogens with zero attached hydrogens (tertiary/aromatic N) is 1. The summed E-state index contributed by atoms with van der Waals surface area (Å²) in [5.74, 6) is 0.00803. The number of carbonyl (C=O) groups excluding carboxylic acids is 1. The molecule has 3 N–H and O–H groups in total. The molecule has 0 saturated carbocycles. The van der Waals surface area contributed by atoms with Crippen molar-refractivity contribution in [3.8, 4) is 5.75 Å². The number of halogens is 1. The molecule has 0 saturated heterocycles. The number of nitro benzene ring substituents is 1. The van der Waals surface area contributed by atoms with Crippen LogP contribution in [0.2, 0.25) is 5.02 Å². The average molecular weight is 379 g/mol. The SMILES string of the molecule is COc1cc([N+](=O)[O-])ccc1NC(=O)[C@@H](C)[NH2+][C@H](C)c1cccc(Cl)c1. The van der Waals surface area contributed by atoms with Crippen LogP contribution in [0.25, 0.3) is 0 Å². The van der Waals surface area contributed by atoms with E-state index in [0.29, 0.717) is 10.7 Å². The molecule has 0 aliphatic rings. The van der Waals surface area contributed by atoms with Gasteiger partial charge >= 0.3 is 0 Å². The first-order valence-corrected chi connectivity index (χ1v) is 8.43. The van der Waals surface area contributed by atoms with Crippen LogP contribution in [0.1, 0.15) is 25.5 Å². The number of carbonyl (C=O) groups is 1. The second-order valence-electron chi connectivity index (χ2n) is 5.96. The molecule has 0 aromatic heterocycles. The number of benzene rings is 2. The highest BCUT2D eigenvalue weighted by molar-refractivity contribution is 6.30. The first-order chi connectivity index (χ1) is 12.3. The third-order valence-electron chi connectivity index (χ3n) is 4.02. The van der Waals surface area contributed by atoms with Gasteiger partial charge in [-0.3, -0.25) is 14.9 Å². The summed E-state index contributed by atoms with van der Waals surface area (Å²) in [7, 11) is 1.39. The highest BCUT2D eigenvalue weighted by Gasteiger charge is 2.22. The predicted molar refractivity (Wildman–Crippen MR) is 99.5 cm³/mol. The zero-order valence-electron chi connectivity index (χ0n) is 14.7. The molecular weight excluding hydrogens is 358 g/mol. The molecule has 0 spiro atoms. The lowest BCUT2D eigenvalue weighted by molar-refractivity contribution is -0.709. The number of amides is 1. The van der Waals surface area contributed by atoms with E-state index < -0.39 is 4.92 Å². The Hall–Kier alpha value is -2.64. The molecule has 2 aromatic carbocycles. The van der Waals surface area contributed by atoms with Crippen molar-refractivity contribution >= 4 is 28.9 Å². The van der Waals surface area contributed by atoms with Crippen LogP contribution < -0.4 is 15.4 Å². The Labute approximate surface area is 156 Å². The minimum absolute atomic E-state index is 0.0354. The van der Waals surface area contributed by atoms with Crippen LogP contribution in [-0.4, -0.2) is 24.0 Å². The fraction of sp³-hybridized carbons (Fsp3) is 0.278. The van der Waals surface area contributed by atoms with Crippen LogP contribution >= 0.6 is 11.6 Å². The van der Waals surface area contributed by atoms with Gasteiger partial charge in [-0.15, -0.1) is 0 Å². The van der Waals surface area contributed by atoms with E-state index in [-0.39, 0.29) is 29.4 Å². The van der Waals surface area contributed by atoms with Crippen LogP contribution in [0, 0.1) is 10.1 Å². The normalized spacial score (nSPS) is 12.9. The van der Waals surface area contributed by atoms with Crippen molar-refractivity contribution in [3.05, 3.63) is 63.2 Å². The lowest BCUT2D eigenvalue weighted by Gasteiger charge is -2.17. The van der Waals surface area contributed by atoms with Crippen molar-refractivity contribution < 1.29 is 19.8 Å². The fourth-order valence-electron chi connectivity index (χ4n) is 2.56. The molecule has 0 radical (unpaired) electrons. The summed E-state index contributed by atoms with van der Waals surface area (Å²) in [4.78, 5) is 22.8. The number of nitrogens with two attached hydrogens (primary N) is 1. The van der Waals surface area contributed by atoms with Gasteiger partial charge in [-0.05, 0) is 32.0 Å². The Bertz CT molecular complexity index is 813. The van der Waals surface area contributed by atoms with Gasteiger partial charge in [-0.25, -0.2) is 0 Å². The molecule has 1 amide bonds. The molecule has 7 nitrogen and oxygen atoms in total. The first kappa shape index (κ1) is 19.7. The van der Waals surface area contributed by atoms with Crippen molar-refractivity contribution in [2.75, 3.05) is 12.4 Å². The van der Waals surface area contributed by atoms with Crippen molar-refractivity contribution in [2.45, 2.75) is 25.9 Å². The zero-order valence-corrected chi connectivity index (χ0v) is 15.5. The van der Waals surface area contributed by atoms with Crippen molar-refractivity contribution in [1.82, 2.24) is 0 Å².